The number of nitrogens with one attached hydrogen (secondary N) is 1. The molecule has 1 heterocycles. The van der Waals surface area contributed by atoms with Crippen molar-refractivity contribution in [3.05, 3.63) is 44.0 Å². The highest BCUT2D eigenvalue weighted by Gasteiger charge is 2.19. The van der Waals surface area contributed by atoms with Gasteiger partial charge >= 0.3 is 0 Å². The van der Waals surface area contributed by atoms with E-state index in [1.54, 1.807) is 18.2 Å². The SMILES string of the molecule is CN(CC(=O)Nc1cccc(Cl)c1SC(F)F)C(=O)c1ccc(Br)s1. The number of hydrogen-bond acceptors (Lipinski definition) is 4. The summed E-state index contributed by atoms with van der Waals surface area (Å²) < 4.78 is 26.1. The van der Waals surface area contributed by atoms with Crippen LogP contribution in [0.3, 0.4) is 0 Å². The largest absolute Gasteiger partial charge is 0.332 e. The van der Waals surface area contributed by atoms with Crippen molar-refractivity contribution in [2.45, 2.75) is 10.7 Å². The van der Waals surface area contributed by atoms with Crippen molar-refractivity contribution in [2.75, 3.05) is 18.9 Å². The van der Waals surface area contributed by atoms with E-state index >= 15 is 0 Å². The number of anilines is 1. The highest BCUT2D eigenvalue weighted by atomic mass is 79.9. The molecule has 0 bridgehead atoms. The number of carbonyl (C=O) groups is 2. The maximum absolute atomic E-state index is 12.7. The lowest BCUT2D eigenvalue weighted by Gasteiger charge is -2.17. The third-order valence-corrected chi connectivity index (χ3v) is 5.85. The summed E-state index contributed by atoms with van der Waals surface area (Å²) in [5, 5.41) is 2.64. The second-order valence-electron chi connectivity index (χ2n) is 4.81. The van der Waals surface area contributed by atoms with Gasteiger partial charge in [0.15, 0.2) is 0 Å². The summed E-state index contributed by atoms with van der Waals surface area (Å²) in [5.41, 5.74) is 0.183. The Balaban J connectivity index is 2.05. The zero-order valence-corrected chi connectivity index (χ0v) is 16.7. The first-order valence-electron chi connectivity index (χ1n) is 6.82. The van der Waals surface area contributed by atoms with Crippen LogP contribution in [0.1, 0.15) is 9.67 Å². The molecular weight excluding hydrogens is 458 g/mol. The van der Waals surface area contributed by atoms with E-state index in [4.69, 9.17) is 11.6 Å². The Morgan fingerprint density at radius 1 is 1.36 bits per heavy atom. The van der Waals surface area contributed by atoms with Gasteiger partial charge in [-0.2, -0.15) is 8.78 Å². The van der Waals surface area contributed by atoms with E-state index in [0.717, 1.165) is 3.79 Å². The minimum atomic E-state index is -2.67. The molecule has 0 aliphatic heterocycles. The topological polar surface area (TPSA) is 49.4 Å². The van der Waals surface area contributed by atoms with Gasteiger partial charge in [0.1, 0.15) is 0 Å². The summed E-state index contributed by atoms with van der Waals surface area (Å²) in [5.74, 6) is -3.49. The van der Waals surface area contributed by atoms with Crippen LogP contribution in [0.15, 0.2) is 39.0 Å². The van der Waals surface area contributed by atoms with Crippen LogP contribution in [-0.4, -0.2) is 36.1 Å². The van der Waals surface area contributed by atoms with Gasteiger partial charge in [-0.3, -0.25) is 9.59 Å². The molecule has 0 saturated carbocycles. The van der Waals surface area contributed by atoms with E-state index in [-0.39, 0.29) is 39.8 Å². The van der Waals surface area contributed by atoms with Crippen molar-refractivity contribution in [2.24, 2.45) is 0 Å². The predicted molar refractivity (Wildman–Crippen MR) is 101 cm³/mol. The number of amides is 2. The van der Waals surface area contributed by atoms with E-state index < -0.39 is 11.7 Å². The molecular formula is C15H12BrClF2N2O2S2. The fraction of sp³-hybridized carbons (Fsp3) is 0.200. The van der Waals surface area contributed by atoms with Crippen LogP contribution in [0.4, 0.5) is 14.5 Å². The van der Waals surface area contributed by atoms with E-state index in [9.17, 15) is 18.4 Å². The molecule has 0 aliphatic carbocycles. The fourth-order valence-electron chi connectivity index (χ4n) is 1.91. The van der Waals surface area contributed by atoms with Crippen LogP contribution >= 0.6 is 50.6 Å². The number of rotatable bonds is 6. The minimum Gasteiger partial charge on any atom is -0.332 e. The third kappa shape index (κ3) is 5.67. The van der Waals surface area contributed by atoms with Gasteiger partial charge in [-0.25, -0.2) is 0 Å². The Labute approximate surface area is 164 Å². The average molecular weight is 470 g/mol. The quantitative estimate of drug-likeness (QED) is 0.592. The van der Waals surface area contributed by atoms with Crippen molar-refractivity contribution in [3.63, 3.8) is 0 Å². The van der Waals surface area contributed by atoms with Crippen molar-refractivity contribution in [1.82, 2.24) is 4.90 Å². The van der Waals surface area contributed by atoms with Gasteiger partial charge < -0.3 is 10.2 Å². The Kier molecular flexibility index (Phi) is 7.24. The summed E-state index contributed by atoms with van der Waals surface area (Å²) in [6.07, 6.45) is 0. The number of thiophene rings is 1. The van der Waals surface area contributed by atoms with Crippen molar-refractivity contribution < 1.29 is 18.4 Å². The first-order chi connectivity index (χ1) is 11.8. The minimum absolute atomic E-state index is 0.0867. The molecule has 134 valence electrons. The highest BCUT2D eigenvalue weighted by Crippen LogP contribution is 2.37. The number of alkyl halides is 2. The summed E-state index contributed by atoms with van der Waals surface area (Å²) in [6, 6.07) is 7.88. The number of thioether (sulfide) groups is 1. The second-order valence-corrected chi connectivity index (χ2v) is 8.68. The fourth-order valence-corrected chi connectivity index (χ4v) is 4.20. The van der Waals surface area contributed by atoms with Gasteiger partial charge in [0.05, 0.1) is 30.8 Å². The first kappa shape index (κ1) is 20.2. The lowest BCUT2D eigenvalue weighted by Crippen LogP contribution is -2.34. The molecule has 2 rings (SSSR count). The number of carbonyl (C=O) groups excluding carboxylic acids is 2. The molecule has 2 aromatic rings. The van der Waals surface area contributed by atoms with Crippen LogP contribution in [0, 0.1) is 0 Å². The van der Waals surface area contributed by atoms with Gasteiger partial charge in [-0.1, -0.05) is 29.4 Å². The monoisotopic (exact) mass is 468 g/mol. The molecule has 0 fully saturated rings. The summed E-state index contributed by atoms with van der Waals surface area (Å²) in [7, 11) is 1.49. The van der Waals surface area contributed by atoms with Gasteiger partial charge in [0.25, 0.3) is 11.7 Å². The van der Waals surface area contributed by atoms with E-state index in [0.29, 0.717) is 4.88 Å². The highest BCUT2D eigenvalue weighted by molar-refractivity contribution is 9.11. The maximum atomic E-state index is 12.7. The number of hydrogen-bond donors (Lipinski definition) is 1. The van der Waals surface area contributed by atoms with E-state index in [1.165, 1.54) is 35.4 Å². The Hall–Kier alpha value is -1.16. The molecule has 0 aliphatic rings. The van der Waals surface area contributed by atoms with Crippen molar-refractivity contribution in [3.8, 4) is 0 Å². The van der Waals surface area contributed by atoms with Crippen molar-refractivity contribution in [1.29, 1.82) is 0 Å². The van der Waals surface area contributed by atoms with Gasteiger partial charge in [0, 0.05) is 7.05 Å². The Morgan fingerprint density at radius 2 is 2.08 bits per heavy atom. The van der Waals surface area contributed by atoms with Crippen LogP contribution in [0.5, 0.6) is 0 Å². The van der Waals surface area contributed by atoms with E-state index in [2.05, 4.69) is 21.2 Å². The van der Waals surface area contributed by atoms with E-state index in [1.807, 2.05) is 0 Å². The molecule has 0 saturated heterocycles. The second kappa shape index (κ2) is 8.98. The number of benzene rings is 1. The number of nitrogens with zero attached hydrogens (tertiary/aromatic N) is 1. The number of likely N-dealkylation sites (N-methyl/N-ethyl adjacent to an activating group) is 1. The smallest absolute Gasteiger partial charge is 0.289 e. The molecule has 4 nitrogen and oxygen atoms in total. The predicted octanol–water partition coefficient (Wildman–Crippen LogP) is 5.19. The zero-order valence-electron chi connectivity index (χ0n) is 12.8. The molecule has 1 N–H and O–H groups in total. The summed E-state index contributed by atoms with van der Waals surface area (Å²) >= 11 is 10.7. The molecule has 0 atom stereocenters. The summed E-state index contributed by atoms with van der Waals surface area (Å²) in [4.78, 5) is 26.2. The number of halogens is 4. The van der Waals surface area contributed by atoms with Crippen LogP contribution in [-0.2, 0) is 4.79 Å². The van der Waals surface area contributed by atoms with Gasteiger partial charge in [0.2, 0.25) is 5.91 Å². The molecule has 1 aromatic heterocycles. The lowest BCUT2D eigenvalue weighted by atomic mass is 10.3. The molecule has 25 heavy (non-hydrogen) atoms. The van der Waals surface area contributed by atoms with Gasteiger partial charge in [-0.05, 0) is 40.2 Å². The third-order valence-electron chi connectivity index (χ3n) is 2.96. The molecule has 1 aromatic carbocycles. The standard InChI is InChI=1S/C15H12BrClF2N2O2S2/c1-21(14(23)10-5-6-11(16)24-10)7-12(22)20-9-4-2-3-8(17)13(9)25-15(18)19/h2-6,15H,7H2,1H3,(H,20,22). The van der Waals surface area contributed by atoms with Crippen LogP contribution in [0.25, 0.3) is 0 Å². The lowest BCUT2D eigenvalue weighted by molar-refractivity contribution is -0.116. The molecule has 0 spiro atoms. The summed E-state index contributed by atoms with van der Waals surface area (Å²) in [6.45, 7) is -0.223. The first-order valence-corrected chi connectivity index (χ1v) is 9.68. The molecule has 10 heteroatoms. The normalized spacial score (nSPS) is 10.8. The van der Waals surface area contributed by atoms with Gasteiger partial charge in [-0.15, -0.1) is 11.3 Å². The Bertz CT molecular complexity index is 789. The maximum Gasteiger partial charge on any atom is 0.289 e. The zero-order chi connectivity index (χ0) is 18.6. The van der Waals surface area contributed by atoms with Crippen LogP contribution in [0.2, 0.25) is 5.02 Å². The van der Waals surface area contributed by atoms with Crippen LogP contribution < -0.4 is 5.32 Å². The Morgan fingerprint density at radius 3 is 2.68 bits per heavy atom. The van der Waals surface area contributed by atoms with Crippen molar-refractivity contribution >= 4 is 68.1 Å². The average Bonchev–Trinajstić information content (AvgIpc) is 2.96. The molecule has 0 unspecified atom stereocenters. The molecule has 2 amide bonds. The molecule has 0 radical (unpaired) electrons.